The van der Waals surface area contributed by atoms with Gasteiger partial charge in [0, 0.05) is 5.56 Å². The van der Waals surface area contributed by atoms with E-state index in [9.17, 15) is 15.0 Å². The second-order valence-corrected chi connectivity index (χ2v) is 3.59. The van der Waals surface area contributed by atoms with Gasteiger partial charge >= 0.3 is 0 Å². The molecule has 17 heavy (non-hydrogen) atoms. The first-order chi connectivity index (χ1) is 8.11. The van der Waals surface area contributed by atoms with Crippen molar-refractivity contribution in [1.29, 1.82) is 0 Å². The van der Waals surface area contributed by atoms with Gasteiger partial charge in [0.2, 0.25) is 5.91 Å². The monoisotopic (exact) mass is 229 g/mol. The third-order valence-electron chi connectivity index (χ3n) is 2.48. The Kier molecular flexibility index (Phi) is 2.70. The van der Waals surface area contributed by atoms with Gasteiger partial charge in [0.05, 0.1) is 5.56 Å². The number of benzene rings is 2. The summed E-state index contributed by atoms with van der Waals surface area (Å²) in [5.41, 5.74) is 6.28. The molecule has 0 aliphatic rings. The molecule has 0 atom stereocenters. The van der Waals surface area contributed by atoms with Crippen LogP contribution in [0.25, 0.3) is 11.1 Å². The molecular formula is C13H11NO3. The Bertz CT molecular complexity index is 564. The maximum Gasteiger partial charge on any atom is 0.249 e. The third kappa shape index (κ3) is 1.92. The van der Waals surface area contributed by atoms with Crippen LogP contribution < -0.4 is 5.73 Å². The van der Waals surface area contributed by atoms with Crippen LogP contribution >= 0.6 is 0 Å². The van der Waals surface area contributed by atoms with Crippen LogP contribution in [-0.4, -0.2) is 16.1 Å². The Hall–Kier alpha value is -2.49. The SMILES string of the molecule is NC(=O)c1ccc(O)c(O)c1-c1ccccc1. The summed E-state index contributed by atoms with van der Waals surface area (Å²) >= 11 is 0. The van der Waals surface area contributed by atoms with Crippen LogP contribution in [0.4, 0.5) is 0 Å². The zero-order chi connectivity index (χ0) is 12.4. The minimum atomic E-state index is -0.654. The molecule has 4 N–H and O–H groups in total. The number of hydrogen-bond acceptors (Lipinski definition) is 3. The molecule has 86 valence electrons. The molecule has 4 heteroatoms. The lowest BCUT2D eigenvalue weighted by Crippen LogP contribution is -2.12. The fourth-order valence-corrected chi connectivity index (χ4v) is 1.68. The van der Waals surface area contributed by atoms with Gasteiger partial charge in [-0.1, -0.05) is 30.3 Å². The number of hydrogen-bond donors (Lipinski definition) is 3. The van der Waals surface area contributed by atoms with Gasteiger partial charge in [0.15, 0.2) is 11.5 Å². The van der Waals surface area contributed by atoms with E-state index in [1.807, 2.05) is 6.07 Å². The lowest BCUT2D eigenvalue weighted by Gasteiger charge is -2.10. The number of phenolic OH excluding ortho intramolecular Hbond substituents is 2. The minimum absolute atomic E-state index is 0.173. The number of amides is 1. The molecule has 0 heterocycles. The summed E-state index contributed by atoms with van der Waals surface area (Å²) in [4.78, 5) is 11.3. The minimum Gasteiger partial charge on any atom is -0.504 e. The Morgan fingerprint density at radius 1 is 1.00 bits per heavy atom. The average Bonchev–Trinajstić information content (AvgIpc) is 2.33. The zero-order valence-corrected chi connectivity index (χ0v) is 8.92. The number of rotatable bonds is 2. The van der Waals surface area contributed by atoms with Crippen LogP contribution in [0, 0.1) is 0 Å². The predicted molar refractivity (Wildman–Crippen MR) is 63.7 cm³/mol. The van der Waals surface area contributed by atoms with Crippen LogP contribution in [0.15, 0.2) is 42.5 Å². The summed E-state index contributed by atoms with van der Waals surface area (Å²) in [5, 5.41) is 19.3. The van der Waals surface area contributed by atoms with Gasteiger partial charge in [0.1, 0.15) is 0 Å². The van der Waals surface area contributed by atoms with E-state index in [2.05, 4.69) is 0 Å². The highest BCUT2D eigenvalue weighted by Crippen LogP contribution is 2.38. The van der Waals surface area contributed by atoms with Gasteiger partial charge in [-0.05, 0) is 17.7 Å². The molecular weight excluding hydrogens is 218 g/mol. The Labute approximate surface area is 97.9 Å². The van der Waals surface area contributed by atoms with Gasteiger partial charge in [-0.2, -0.15) is 0 Å². The van der Waals surface area contributed by atoms with Crippen molar-refractivity contribution in [2.75, 3.05) is 0 Å². The highest BCUT2D eigenvalue weighted by molar-refractivity contribution is 6.02. The number of aromatic hydroxyl groups is 2. The summed E-state index contributed by atoms with van der Waals surface area (Å²) < 4.78 is 0. The molecule has 0 unspecified atom stereocenters. The molecule has 0 aromatic heterocycles. The van der Waals surface area contributed by atoms with Crippen LogP contribution in [0.5, 0.6) is 11.5 Å². The van der Waals surface area contributed by atoms with E-state index in [0.717, 1.165) is 0 Å². The number of primary amides is 1. The number of phenols is 2. The molecule has 0 bridgehead atoms. The van der Waals surface area contributed by atoms with Crippen molar-refractivity contribution in [3.63, 3.8) is 0 Å². The Morgan fingerprint density at radius 3 is 2.24 bits per heavy atom. The molecule has 2 aromatic carbocycles. The third-order valence-corrected chi connectivity index (χ3v) is 2.48. The Morgan fingerprint density at radius 2 is 1.65 bits per heavy atom. The summed E-state index contributed by atoms with van der Waals surface area (Å²) in [6, 6.07) is 11.4. The molecule has 0 spiro atoms. The van der Waals surface area contributed by atoms with E-state index < -0.39 is 5.91 Å². The van der Waals surface area contributed by atoms with Gasteiger partial charge in [0.25, 0.3) is 0 Å². The second kappa shape index (κ2) is 4.17. The van der Waals surface area contributed by atoms with Crippen molar-refractivity contribution in [1.82, 2.24) is 0 Å². The molecule has 4 nitrogen and oxygen atoms in total. The van der Waals surface area contributed by atoms with Crippen molar-refractivity contribution in [2.24, 2.45) is 5.73 Å². The first-order valence-corrected chi connectivity index (χ1v) is 5.01. The maximum atomic E-state index is 11.3. The fraction of sp³-hybridized carbons (Fsp3) is 0. The molecule has 0 radical (unpaired) electrons. The first-order valence-electron chi connectivity index (χ1n) is 5.01. The molecule has 0 saturated heterocycles. The van der Waals surface area contributed by atoms with Crippen molar-refractivity contribution in [3.8, 4) is 22.6 Å². The molecule has 2 rings (SSSR count). The quantitative estimate of drug-likeness (QED) is 0.687. The second-order valence-electron chi connectivity index (χ2n) is 3.59. The molecule has 0 aliphatic heterocycles. The lowest BCUT2D eigenvalue weighted by atomic mass is 9.97. The summed E-state index contributed by atoms with van der Waals surface area (Å²) in [5.74, 6) is -1.28. The zero-order valence-electron chi connectivity index (χ0n) is 8.92. The van der Waals surface area contributed by atoms with Gasteiger partial charge in [-0.15, -0.1) is 0 Å². The summed E-state index contributed by atoms with van der Waals surface area (Å²) in [6.45, 7) is 0. The highest BCUT2D eigenvalue weighted by Gasteiger charge is 2.17. The van der Waals surface area contributed by atoms with Crippen LogP contribution in [0.2, 0.25) is 0 Å². The van der Waals surface area contributed by atoms with E-state index in [1.165, 1.54) is 12.1 Å². The average molecular weight is 229 g/mol. The van der Waals surface area contributed by atoms with Crippen LogP contribution in [-0.2, 0) is 0 Å². The van der Waals surface area contributed by atoms with Crippen molar-refractivity contribution in [3.05, 3.63) is 48.0 Å². The van der Waals surface area contributed by atoms with Gasteiger partial charge in [-0.25, -0.2) is 0 Å². The Balaban J connectivity index is 2.74. The van der Waals surface area contributed by atoms with Gasteiger partial charge in [-0.3, -0.25) is 4.79 Å². The van der Waals surface area contributed by atoms with E-state index in [4.69, 9.17) is 5.73 Å². The smallest absolute Gasteiger partial charge is 0.249 e. The fourth-order valence-electron chi connectivity index (χ4n) is 1.68. The van der Waals surface area contributed by atoms with Crippen molar-refractivity contribution >= 4 is 5.91 Å². The van der Waals surface area contributed by atoms with E-state index in [0.29, 0.717) is 5.56 Å². The van der Waals surface area contributed by atoms with E-state index >= 15 is 0 Å². The predicted octanol–water partition coefficient (Wildman–Crippen LogP) is 1.86. The lowest BCUT2D eigenvalue weighted by molar-refractivity contribution is 0.100. The standard InChI is InChI=1S/C13H11NO3/c14-13(17)9-6-7-10(15)12(16)11(9)8-4-2-1-3-5-8/h1-7,15-16H,(H2,14,17). The maximum absolute atomic E-state index is 11.3. The van der Waals surface area contributed by atoms with E-state index in [1.54, 1.807) is 24.3 Å². The van der Waals surface area contributed by atoms with Crippen LogP contribution in [0.1, 0.15) is 10.4 Å². The van der Waals surface area contributed by atoms with Crippen molar-refractivity contribution in [2.45, 2.75) is 0 Å². The van der Waals surface area contributed by atoms with Crippen LogP contribution in [0.3, 0.4) is 0 Å². The number of carbonyl (C=O) groups is 1. The molecule has 1 amide bonds. The number of nitrogens with two attached hydrogens (primary N) is 1. The van der Waals surface area contributed by atoms with E-state index in [-0.39, 0.29) is 22.6 Å². The molecule has 0 fully saturated rings. The molecule has 0 saturated carbocycles. The number of carbonyl (C=O) groups excluding carboxylic acids is 1. The normalized spacial score (nSPS) is 10.1. The molecule has 2 aromatic rings. The highest BCUT2D eigenvalue weighted by atomic mass is 16.3. The van der Waals surface area contributed by atoms with Crippen molar-refractivity contribution < 1.29 is 15.0 Å². The first kappa shape index (κ1) is 11.0. The summed E-state index contributed by atoms with van der Waals surface area (Å²) in [7, 11) is 0. The van der Waals surface area contributed by atoms with Gasteiger partial charge < -0.3 is 15.9 Å². The molecule has 0 aliphatic carbocycles. The summed E-state index contributed by atoms with van der Waals surface area (Å²) in [6.07, 6.45) is 0. The topological polar surface area (TPSA) is 83.6 Å². The largest absolute Gasteiger partial charge is 0.504 e.